The van der Waals surface area contributed by atoms with Gasteiger partial charge in [-0.15, -0.1) is 0 Å². The first-order valence-electron chi connectivity index (χ1n) is 6.38. The zero-order valence-electron chi connectivity index (χ0n) is 11.7. The molecule has 3 heteroatoms. The second-order valence-electron chi connectivity index (χ2n) is 5.07. The van der Waals surface area contributed by atoms with Crippen molar-refractivity contribution in [1.29, 1.82) is 0 Å². The van der Waals surface area contributed by atoms with E-state index in [0.29, 0.717) is 11.1 Å². The van der Waals surface area contributed by atoms with Gasteiger partial charge in [0.1, 0.15) is 16.7 Å². The van der Waals surface area contributed by atoms with E-state index in [2.05, 4.69) is 44.0 Å². The van der Waals surface area contributed by atoms with Gasteiger partial charge in [0, 0.05) is 17.8 Å². The summed E-state index contributed by atoms with van der Waals surface area (Å²) in [7, 11) is 0. The fourth-order valence-corrected chi connectivity index (χ4v) is 2.06. The summed E-state index contributed by atoms with van der Waals surface area (Å²) in [5, 5.41) is 0.444. The fraction of sp³-hybridized carbons (Fsp3) is 0.312. The van der Waals surface area contributed by atoms with Gasteiger partial charge in [-0.2, -0.15) is 0 Å². The summed E-state index contributed by atoms with van der Waals surface area (Å²) in [6.45, 7) is 8.33. The predicted molar refractivity (Wildman–Crippen MR) is 79.3 cm³/mol. The summed E-state index contributed by atoms with van der Waals surface area (Å²) in [4.78, 5) is 4.04. The summed E-state index contributed by atoms with van der Waals surface area (Å²) < 4.78 is 6.04. The van der Waals surface area contributed by atoms with Gasteiger partial charge in [-0.05, 0) is 37.0 Å². The van der Waals surface area contributed by atoms with E-state index < -0.39 is 0 Å². The van der Waals surface area contributed by atoms with Crippen LogP contribution in [0.25, 0.3) is 0 Å². The van der Waals surface area contributed by atoms with Gasteiger partial charge in [0.2, 0.25) is 0 Å². The number of benzene rings is 1. The van der Waals surface area contributed by atoms with Crippen molar-refractivity contribution in [2.45, 2.75) is 33.6 Å². The Kier molecular flexibility index (Phi) is 4.11. The van der Waals surface area contributed by atoms with Crippen LogP contribution >= 0.6 is 11.6 Å². The number of halogens is 1. The molecule has 0 aliphatic heterocycles. The molecule has 0 unspecified atom stereocenters. The van der Waals surface area contributed by atoms with Crippen molar-refractivity contribution in [3.63, 3.8) is 0 Å². The third-order valence-electron chi connectivity index (χ3n) is 3.03. The van der Waals surface area contributed by atoms with E-state index in [9.17, 15) is 0 Å². The van der Waals surface area contributed by atoms with Gasteiger partial charge in [0.25, 0.3) is 0 Å². The Labute approximate surface area is 119 Å². The number of hydrogen-bond acceptors (Lipinski definition) is 2. The number of aromatic nitrogens is 1. The number of rotatable bonds is 3. The lowest BCUT2D eigenvalue weighted by molar-refractivity contribution is 0.468. The number of nitrogens with zero attached hydrogens (tertiary/aromatic N) is 1. The molecule has 0 radical (unpaired) electrons. The molecule has 0 aliphatic rings. The van der Waals surface area contributed by atoms with Crippen LogP contribution in [0.1, 0.15) is 36.5 Å². The highest BCUT2D eigenvalue weighted by molar-refractivity contribution is 6.29. The molecule has 0 fully saturated rings. The normalized spacial score (nSPS) is 10.8. The minimum absolute atomic E-state index is 0.410. The average molecular weight is 276 g/mol. The summed E-state index contributed by atoms with van der Waals surface area (Å²) in [5.74, 6) is 2.06. The van der Waals surface area contributed by atoms with Crippen LogP contribution in [0.4, 0.5) is 0 Å². The van der Waals surface area contributed by atoms with Crippen LogP contribution in [0.15, 0.2) is 30.5 Å². The zero-order valence-corrected chi connectivity index (χ0v) is 12.5. The van der Waals surface area contributed by atoms with Gasteiger partial charge >= 0.3 is 0 Å². The lowest BCUT2D eigenvalue weighted by Crippen LogP contribution is -1.96. The average Bonchev–Trinajstić information content (AvgIpc) is 2.33. The Morgan fingerprint density at radius 2 is 1.84 bits per heavy atom. The number of aryl methyl sites for hydroxylation is 2. The first-order valence-corrected chi connectivity index (χ1v) is 6.75. The molecule has 19 heavy (non-hydrogen) atoms. The van der Waals surface area contributed by atoms with E-state index in [-0.39, 0.29) is 0 Å². The van der Waals surface area contributed by atoms with E-state index in [0.717, 1.165) is 17.1 Å². The summed E-state index contributed by atoms with van der Waals surface area (Å²) in [6, 6.07) is 8.04. The van der Waals surface area contributed by atoms with E-state index in [1.54, 1.807) is 12.3 Å². The molecular formula is C16H18ClNO. The second-order valence-corrected chi connectivity index (χ2v) is 5.46. The molecule has 1 aromatic heterocycles. The summed E-state index contributed by atoms with van der Waals surface area (Å²) >= 11 is 5.93. The zero-order chi connectivity index (χ0) is 14.0. The first-order chi connectivity index (χ1) is 8.97. The molecule has 0 spiro atoms. The Morgan fingerprint density at radius 1 is 1.11 bits per heavy atom. The summed E-state index contributed by atoms with van der Waals surface area (Å²) in [6.07, 6.45) is 1.72. The van der Waals surface area contributed by atoms with Crippen molar-refractivity contribution >= 4 is 11.6 Å². The van der Waals surface area contributed by atoms with Crippen molar-refractivity contribution < 1.29 is 4.74 Å². The molecule has 0 saturated heterocycles. The third kappa shape index (κ3) is 3.27. The fourth-order valence-electron chi connectivity index (χ4n) is 1.92. The monoisotopic (exact) mass is 275 g/mol. The molecule has 1 aromatic carbocycles. The molecule has 2 aromatic rings. The Hall–Kier alpha value is -1.54. The summed E-state index contributed by atoms with van der Waals surface area (Å²) in [5.41, 5.74) is 3.34. The van der Waals surface area contributed by atoms with Crippen molar-refractivity contribution in [3.8, 4) is 11.5 Å². The molecule has 0 atom stereocenters. The van der Waals surface area contributed by atoms with Crippen LogP contribution in [0.2, 0.25) is 5.15 Å². The predicted octanol–water partition coefficient (Wildman–Crippen LogP) is 5.27. The maximum absolute atomic E-state index is 6.04. The molecule has 0 amide bonds. The Balaban J connectivity index is 2.42. The molecule has 100 valence electrons. The molecule has 2 nitrogen and oxygen atoms in total. The van der Waals surface area contributed by atoms with E-state index in [4.69, 9.17) is 16.3 Å². The Bertz CT molecular complexity index is 593. The van der Waals surface area contributed by atoms with Gasteiger partial charge in [0.15, 0.2) is 0 Å². The van der Waals surface area contributed by atoms with Gasteiger partial charge in [-0.1, -0.05) is 37.6 Å². The maximum Gasteiger partial charge on any atom is 0.134 e. The lowest BCUT2D eigenvalue weighted by Gasteiger charge is -2.15. The van der Waals surface area contributed by atoms with Gasteiger partial charge in [-0.25, -0.2) is 4.98 Å². The van der Waals surface area contributed by atoms with Gasteiger partial charge in [0.05, 0.1) is 0 Å². The largest absolute Gasteiger partial charge is 0.457 e. The molecule has 2 rings (SSSR count). The van der Waals surface area contributed by atoms with Crippen molar-refractivity contribution in [2.75, 3.05) is 0 Å². The second kappa shape index (κ2) is 5.62. The number of pyridine rings is 1. The van der Waals surface area contributed by atoms with Crippen LogP contribution in [-0.2, 0) is 0 Å². The lowest BCUT2D eigenvalue weighted by atomic mass is 10.0. The highest BCUT2D eigenvalue weighted by Crippen LogP contribution is 2.33. The maximum atomic E-state index is 6.04. The smallest absolute Gasteiger partial charge is 0.134 e. The van der Waals surface area contributed by atoms with E-state index >= 15 is 0 Å². The van der Waals surface area contributed by atoms with Crippen LogP contribution in [0.3, 0.4) is 0 Å². The van der Waals surface area contributed by atoms with E-state index in [1.165, 1.54) is 11.1 Å². The molecule has 0 N–H and O–H groups in total. The van der Waals surface area contributed by atoms with Gasteiger partial charge < -0.3 is 4.74 Å². The highest BCUT2D eigenvalue weighted by Gasteiger charge is 2.11. The minimum atomic E-state index is 0.410. The van der Waals surface area contributed by atoms with Crippen LogP contribution in [0.5, 0.6) is 11.5 Å². The number of ether oxygens (including phenoxy) is 1. The molecule has 1 heterocycles. The highest BCUT2D eigenvalue weighted by atomic mass is 35.5. The number of hydrogen-bond donors (Lipinski definition) is 0. The van der Waals surface area contributed by atoms with Crippen molar-refractivity contribution in [2.24, 2.45) is 0 Å². The van der Waals surface area contributed by atoms with Crippen LogP contribution < -0.4 is 4.74 Å². The standard InChI is InChI=1S/C16H18ClNO/c1-10(2)13-6-5-11(3)7-15(13)19-14-8-16(17)18-9-12(14)4/h5-10H,1-4H3. The van der Waals surface area contributed by atoms with Crippen LogP contribution in [0, 0.1) is 13.8 Å². The van der Waals surface area contributed by atoms with Gasteiger partial charge in [-0.3, -0.25) is 0 Å². The molecular weight excluding hydrogens is 258 g/mol. The molecule has 0 saturated carbocycles. The van der Waals surface area contributed by atoms with Crippen molar-refractivity contribution in [1.82, 2.24) is 4.98 Å². The first kappa shape index (κ1) is 13.9. The SMILES string of the molecule is Cc1ccc(C(C)C)c(Oc2cc(Cl)ncc2C)c1. The minimum Gasteiger partial charge on any atom is -0.457 e. The third-order valence-corrected chi connectivity index (χ3v) is 3.24. The topological polar surface area (TPSA) is 22.1 Å². The van der Waals surface area contributed by atoms with Crippen LogP contribution in [-0.4, -0.2) is 4.98 Å². The quantitative estimate of drug-likeness (QED) is 0.712. The molecule has 0 bridgehead atoms. The Morgan fingerprint density at radius 3 is 2.53 bits per heavy atom. The van der Waals surface area contributed by atoms with E-state index in [1.807, 2.05) is 6.92 Å². The molecule has 0 aliphatic carbocycles. The van der Waals surface area contributed by atoms with Crippen molar-refractivity contribution in [3.05, 3.63) is 52.3 Å².